The Hall–Kier alpha value is -1.81. The Morgan fingerprint density at radius 2 is 1.85 bits per heavy atom. The normalized spacial score (nSPS) is 11.8. The van der Waals surface area contributed by atoms with Crippen LogP contribution in [-0.4, -0.2) is 6.04 Å². The van der Waals surface area contributed by atoms with Gasteiger partial charge in [0.1, 0.15) is 17.3 Å². The van der Waals surface area contributed by atoms with Crippen LogP contribution in [0, 0.1) is 5.82 Å². The van der Waals surface area contributed by atoms with E-state index in [1.807, 2.05) is 18.2 Å². The maximum atomic E-state index is 13.3. The van der Waals surface area contributed by atoms with Crippen molar-refractivity contribution in [3.8, 4) is 11.3 Å². The molecule has 3 rings (SSSR count). The van der Waals surface area contributed by atoms with Gasteiger partial charge in [0.05, 0.1) is 11.6 Å². The van der Waals surface area contributed by atoms with Crippen LogP contribution >= 0.6 is 24.0 Å². The number of rotatable bonds is 7. The van der Waals surface area contributed by atoms with Crippen LogP contribution in [-0.2, 0) is 13.0 Å². The molecule has 2 nitrogen and oxygen atoms in total. The molecular formula is C21H22Cl2FNO. The summed E-state index contributed by atoms with van der Waals surface area (Å²) >= 11 is 5.83. The van der Waals surface area contributed by atoms with Crippen molar-refractivity contribution >= 4 is 24.0 Å². The molecule has 1 aromatic heterocycles. The largest absolute Gasteiger partial charge is 0.460 e. The molecule has 0 saturated carbocycles. The quantitative estimate of drug-likeness (QED) is 0.511. The fourth-order valence-electron chi connectivity index (χ4n) is 2.68. The van der Waals surface area contributed by atoms with Gasteiger partial charge in [-0.1, -0.05) is 41.9 Å². The lowest BCUT2D eigenvalue weighted by molar-refractivity contribution is 0.449. The van der Waals surface area contributed by atoms with E-state index < -0.39 is 5.82 Å². The lowest BCUT2D eigenvalue weighted by Gasteiger charge is -2.12. The molecule has 0 aliphatic rings. The minimum absolute atomic E-state index is 0. The summed E-state index contributed by atoms with van der Waals surface area (Å²) < 4.78 is 19.1. The van der Waals surface area contributed by atoms with Crippen molar-refractivity contribution in [2.75, 3.05) is 0 Å². The molecule has 0 bridgehead atoms. The minimum Gasteiger partial charge on any atom is -0.460 e. The Labute approximate surface area is 164 Å². The van der Waals surface area contributed by atoms with Gasteiger partial charge in [0.15, 0.2) is 0 Å². The van der Waals surface area contributed by atoms with Crippen molar-refractivity contribution in [3.63, 3.8) is 0 Å². The van der Waals surface area contributed by atoms with Crippen molar-refractivity contribution in [1.29, 1.82) is 0 Å². The molecule has 26 heavy (non-hydrogen) atoms. The van der Waals surface area contributed by atoms with E-state index in [4.69, 9.17) is 16.0 Å². The van der Waals surface area contributed by atoms with Crippen molar-refractivity contribution in [3.05, 3.63) is 82.8 Å². The Morgan fingerprint density at radius 3 is 2.58 bits per heavy atom. The van der Waals surface area contributed by atoms with Gasteiger partial charge in [-0.15, -0.1) is 12.4 Å². The third-order valence-electron chi connectivity index (χ3n) is 4.20. The van der Waals surface area contributed by atoms with E-state index >= 15 is 0 Å². The number of halogens is 3. The molecule has 0 spiro atoms. The van der Waals surface area contributed by atoms with E-state index in [-0.39, 0.29) is 17.4 Å². The number of benzene rings is 2. The van der Waals surface area contributed by atoms with Crippen LogP contribution in [0.15, 0.2) is 65.1 Å². The molecule has 0 aliphatic carbocycles. The van der Waals surface area contributed by atoms with Crippen LogP contribution < -0.4 is 5.32 Å². The summed E-state index contributed by atoms with van der Waals surface area (Å²) in [6, 6.07) is 19.3. The number of furan rings is 1. The van der Waals surface area contributed by atoms with E-state index in [1.54, 1.807) is 12.1 Å². The van der Waals surface area contributed by atoms with Crippen LogP contribution in [0.3, 0.4) is 0 Å². The molecule has 0 fully saturated rings. The van der Waals surface area contributed by atoms with Gasteiger partial charge in [-0.25, -0.2) is 4.39 Å². The maximum absolute atomic E-state index is 13.3. The molecule has 0 saturated heterocycles. The summed E-state index contributed by atoms with van der Waals surface area (Å²) in [7, 11) is 0. The number of nitrogens with one attached hydrogen (secondary N) is 1. The first kappa shape index (κ1) is 20.5. The zero-order chi connectivity index (χ0) is 17.6. The monoisotopic (exact) mass is 393 g/mol. The second-order valence-electron chi connectivity index (χ2n) is 6.20. The molecule has 1 atom stereocenters. The summed E-state index contributed by atoms with van der Waals surface area (Å²) in [5, 5.41) is 3.57. The third-order valence-corrected chi connectivity index (χ3v) is 4.49. The first-order valence-electron chi connectivity index (χ1n) is 8.43. The van der Waals surface area contributed by atoms with Gasteiger partial charge < -0.3 is 9.73 Å². The van der Waals surface area contributed by atoms with Gasteiger partial charge in [-0.3, -0.25) is 0 Å². The van der Waals surface area contributed by atoms with Gasteiger partial charge in [0.2, 0.25) is 0 Å². The summed E-state index contributed by atoms with van der Waals surface area (Å²) in [4.78, 5) is 0. The van der Waals surface area contributed by atoms with Gasteiger partial charge in [0.25, 0.3) is 0 Å². The number of hydrogen-bond donors (Lipinski definition) is 1. The van der Waals surface area contributed by atoms with Gasteiger partial charge >= 0.3 is 0 Å². The van der Waals surface area contributed by atoms with E-state index in [9.17, 15) is 4.39 Å². The highest BCUT2D eigenvalue weighted by molar-refractivity contribution is 6.31. The fraction of sp³-hybridized carbons (Fsp3) is 0.238. The molecule has 1 N–H and O–H groups in total. The highest BCUT2D eigenvalue weighted by Crippen LogP contribution is 2.26. The molecule has 0 radical (unpaired) electrons. The molecule has 3 aromatic rings. The van der Waals surface area contributed by atoms with E-state index in [1.165, 1.54) is 11.6 Å². The number of aryl methyl sites for hydroxylation is 1. The summed E-state index contributed by atoms with van der Waals surface area (Å²) in [6.45, 7) is 2.83. The molecule has 1 heterocycles. The summed E-state index contributed by atoms with van der Waals surface area (Å²) in [5.74, 6) is 1.11. The van der Waals surface area contributed by atoms with E-state index in [0.29, 0.717) is 18.3 Å². The average Bonchev–Trinajstić information content (AvgIpc) is 3.10. The summed E-state index contributed by atoms with van der Waals surface area (Å²) in [6.07, 6.45) is 2.11. The van der Waals surface area contributed by atoms with Crippen LogP contribution in [0.2, 0.25) is 5.02 Å². The molecule has 2 aromatic carbocycles. The second kappa shape index (κ2) is 9.77. The molecule has 1 unspecified atom stereocenters. The predicted octanol–water partition coefficient (Wildman–Crippen LogP) is 6.27. The first-order chi connectivity index (χ1) is 12.1. The van der Waals surface area contributed by atoms with E-state index in [0.717, 1.165) is 24.2 Å². The Balaban J connectivity index is 0.00000243. The zero-order valence-corrected chi connectivity index (χ0v) is 16.1. The van der Waals surface area contributed by atoms with E-state index in [2.05, 4.69) is 36.5 Å². The van der Waals surface area contributed by atoms with Gasteiger partial charge in [-0.05, 0) is 55.7 Å². The summed E-state index contributed by atoms with van der Waals surface area (Å²) in [5.41, 5.74) is 2.12. The molecule has 5 heteroatoms. The predicted molar refractivity (Wildman–Crippen MR) is 107 cm³/mol. The maximum Gasteiger partial charge on any atom is 0.141 e. The first-order valence-corrected chi connectivity index (χ1v) is 8.81. The lowest BCUT2D eigenvalue weighted by atomic mass is 10.1. The van der Waals surface area contributed by atoms with Crippen LogP contribution in [0.25, 0.3) is 11.3 Å². The Bertz CT molecular complexity index is 820. The Morgan fingerprint density at radius 1 is 1.08 bits per heavy atom. The SMILES string of the molecule is CC(CCc1ccccc1)NCc1ccc(-c2ccc(F)c(Cl)c2)o1.Cl. The lowest BCUT2D eigenvalue weighted by Crippen LogP contribution is -2.25. The van der Waals surface area contributed by atoms with Gasteiger partial charge in [-0.2, -0.15) is 0 Å². The topological polar surface area (TPSA) is 25.2 Å². The van der Waals surface area contributed by atoms with Crippen molar-refractivity contribution in [2.24, 2.45) is 0 Å². The third kappa shape index (κ3) is 5.60. The standard InChI is InChI=1S/C21H21ClFNO.ClH/c1-15(7-8-16-5-3-2-4-6-16)24-14-18-10-12-21(25-18)17-9-11-20(23)19(22)13-17;/h2-6,9-13,15,24H,7-8,14H2,1H3;1H. The Kier molecular flexibility index (Phi) is 7.70. The second-order valence-corrected chi connectivity index (χ2v) is 6.61. The molecule has 0 aliphatic heterocycles. The van der Waals surface area contributed by atoms with Crippen LogP contribution in [0.1, 0.15) is 24.7 Å². The fourth-order valence-corrected chi connectivity index (χ4v) is 2.86. The molecule has 0 amide bonds. The van der Waals surface area contributed by atoms with Crippen molar-refractivity contribution in [2.45, 2.75) is 32.4 Å². The average molecular weight is 394 g/mol. The molecule has 138 valence electrons. The van der Waals surface area contributed by atoms with Crippen molar-refractivity contribution in [1.82, 2.24) is 5.32 Å². The zero-order valence-electron chi connectivity index (χ0n) is 14.5. The minimum atomic E-state index is -0.425. The number of hydrogen-bond acceptors (Lipinski definition) is 2. The molecular weight excluding hydrogens is 372 g/mol. The van der Waals surface area contributed by atoms with Crippen LogP contribution in [0.5, 0.6) is 0 Å². The highest BCUT2D eigenvalue weighted by atomic mass is 35.5. The highest BCUT2D eigenvalue weighted by Gasteiger charge is 2.09. The van der Waals surface area contributed by atoms with Crippen molar-refractivity contribution < 1.29 is 8.81 Å². The van der Waals surface area contributed by atoms with Gasteiger partial charge in [0, 0.05) is 11.6 Å². The van der Waals surface area contributed by atoms with Crippen LogP contribution in [0.4, 0.5) is 4.39 Å². The smallest absolute Gasteiger partial charge is 0.141 e.